The second-order valence-electron chi connectivity index (χ2n) is 5.60. The number of oxime groups is 1. The van der Waals surface area contributed by atoms with Gasteiger partial charge in [0.2, 0.25) is 11.7 Å². The molecule has 0 radical (unpaired) electrons. The number of amidine groups is 1. The van der Waals surface area contributed by atoms with Gasteiger partial charge in [0.1, 0.15) is 5.82 Å². The highest BCUT2D eigenvalue weighted by Crippen LogP contribution is 2.28. The number of hydrogen-bond donors (Lipinski definition) is 3. The third-order valence-corrected chi connectivity index (χ3v) is 4.04. The topological polar surface area (TPSA) is 145 Å². The lowest BCUT2D eigenvalue weighted by Gasteiger charge is -2.14. The first kappa shape index (κ1) is 19.0. The van der Waals surface area contributed by atoms with Gasteiger partial charge >= 0.3 is 11.8 Å². The number of rotatable bonds is 3. The Labute approximate surface area is 144 Å². The van der Waals surface area contributed by atoms with E-state index in [1.54, 1.807) is 0 Å². The van der Waals surface area contributed by atoms with Crippen LogP contribution < -0.4 is 5.32 Å². The van der Waals surface area contributed by atoms with Gasteiger partial charge in [-0.1, -0.05) is 5.16 Å². The van der Waals surface area contributed by atoms with Crippen LogP contribution in [-0.2, 0) is 4.79 Å². The zero-order valence-corrected chi connectivity index (χ0v) is 13.4. The molecule has 1 aliphatic rings. The summed E-state index contributed by atoms with van der Waals surface area (Å²) in [6.07, 6.45) is -1.03. The highest BCUT2D eigenvalue weighted by Gasteiger charge is 2.33. The first-order valence-corrected chi connectivity index (χ1v) is 7.31. The molecule has 0 bridgehead atoms. The lowest BCUT2D eigenvalue weighted by atomic mass is 10.1. The molecule has 12 heteroatoms. The predicted molar refractivity (Wildman–Crippen MR) is 81.9 cm³/mol. The summed E-state index contributed by atoms with van der Waals surface area (Å²) in [4.78, 5) is 33.8. The minimum absolute atomic E-state index is 0.109. The van der Waals surface area contributed by atoms with E-state index in [0.29, 0.717) is 6.07 Å². The number of carbonyl (C=O) groups excluding carboxylic acids is 1. The molecule has 26 heavy (non-hydrogen) atoms. The van der Waals surface area contributed by atoms with E-state index < -0.39 is 57.1 Å². The molecule has 1 aromatic rings. The lowest BCUT2D eigenvalue weighted by molar-refractivity contribution is -0.388. The fourth-order valence-electron chi connectivity index (χ4n) is 2.61. The van der Waals surface area contributed by atoms with Crippen LogP contribution in [0.15, 0.2) is 11.2 Å². The van der Waals surface area contributed by atoms with Crippen LogP contribution >= 0.6 is 0 Å². The molecule has 0 spiro atoms. The minimum Gasteiger partial charge on any atom is -0.465 e. The fraction of sp³-hybridized carbons (Fsp3) is 0.357. The van der Waals surface area contributed by atoms with Crippen molar-refractivity contribution in [3.8, 4) is 0 Å². The van der Waals surface area contributed by atoms with E-state index in [-0.39, 0.29) is 19.5 Å². The van der Waals surface area contributed by atoms with E-state index in [1.165, 1.54) is 0 Å². The first-order chi connectivity index (χ1) is 12.2. The molecule has 1 heterocycles. The fourth-order valence-corrected chi connectivity index (χ4v) is 2.61. The van der Waals surface area contributed by atoms with E-state index >= 15 is 0 Å². The van der Waals surface area contributed by atoms with Gasteiger partial charge in [0.25, 0.3) is 0 Å². The number of nitrogens with zero attached hydrogens (tertiary/aromatic N) is 3. The summed E-state index contributed by atoms with van der Waals surface area (Å²) in [5, 5.41) is 33.6. The second kappa shape index (κ2) is 7.29. The minimum atomic E-state index is -1.47. The monoisotopic (exact) mass is 372 g/mol. The molecule has 2 amide bonds. The quantitative estimate of drug-likeness (QED) is 0.241. The molecular formula is C14H14F2N4O6. The molecule has 10 nitrogen and oxygen atoms in total. The van der Waals surface area contributed by atoms with Gasteiger partial charge in [0, 0.05) is 13.1 Å². The zero-order chi connectivity index (χ0) is 19.6. The predicted octanol–water partition coefficient (Wildman–Crippen LogP) is 1.43. The van der Waals surface area contributed by atoms with E-state index in [9.17, 15) is 28.5 Å². The number of carbonyl (C=O) groups is 2. The third kappa shape index (κ3) is 3.53. The molecule has 2 rings (SSSR count). The largest absolute Gasteiger partial charge is 0.465 e. The van der Waals surface area contributed by atoms with Gasteiger partial charge in [0.15, 0.2) is 5.84 Å². The molecule has 1 aromatic carbocycles. The smallest absolute Gasteiger partial charge is 0.407 e. The molecule has 1 fully saturated rings. The number of nitro groups is 1. The number of benzene rings is 1. The normalized spacial score (nSPS) is 17.3. The van der Waals surface area contributed by atoms with Crippen molar-refractivity contribution < 1.29 is 33.6 Å². The molecule has 1 atom stereocenters. The van der Waals surface area contributed by atoms with Crippen molar-refractivity contribution in [2.24, 2.45) is 11.1 Å². The van der Waals surface area contributed by atoms with Crippen LogP contribution in [0.4, 0.5) is 19.3 Å². The zero-order valence-electron chi connectivity index (χ0n) is 13.4. The summed E-state index contributed by atoms with van der Waals surface area (Å²) in [6, 6.07) is 0.561. The molecule has 0 aliphatic carbocycles. The molecule has 1 saturated heterocycles. The molecule has 0 unspecified atom stereocenters. The van der Waals surface area contributed by atoms with Crippen LogP contribution in [0.25, 0.3) is 0 Å². The average Bonchev–Trinajstić information content (AvgIpc) is 3.06. The van der Waals surface area contributed by atoms with Crippen LogP contribution in [0.1, 0.15) is 17.5 Å². The Kier molecular flexibility index (Phi) is 5.33. The molecule has 140 valence electrons. The molecule has 0 saturated carbocycles. The Bertz CT molecular complexity index is 813. The summed E-state index contributed by atoms with van der Waals surface area (Å²) < 4.78 is 28.2. The highest BCUT2D eigenvalue weighted by molar-refractivity contribution is 6.08. The molecule has 0 aromatic heterocycles. The van der Waals surface area contributed by atoms with Crippen molar-refractivity contribution in [2.45, 2.75) is 13.3 Å². The summed E-state index contributed by atoms with van der Waals surface area (Å²) >= 11 is 0. The maximum atomic E-state index is 14.4. The maximum Gasteiger partial charge on any atom is 0.407 e. The Morgan fingerprint density at radius 2 is 2.12 bits per heavy atom. The standard InChI is InChI=1S/C14H14F2N4O6/c1-6-9(15)4-8(10(16)11(6)20(25)26)12(18-24)17-13(21)7-2-3-19(5-7)14(22)23/h4,7,24H,2-3,5H2,1H3,(H,22,23)(H,17,18,21)/t7-/m1/s1. The number of hydrogen-bond acceptors (Lipinski definition) is 6. The summed E-state index contributed by atoms with van der Waals surface area (Å²) in [7, 11) is 0. The summed E-state index contributed by atoms with van der Waals surface area (Å²) in [5.74, 6) is -4.99. The van der Waals surface area contributed by atoms with Gasteiger partial charge in [-0.05, 0) is 19.4 Å². The SMILES string of the molecule is Cc1c(F)cc(/C(=N/O)NC(=O)[C@@H]2CCN(C(=O)O)C2)c(F)c1[N+](=O)[O-]. The molecule has 3 N–H and O–H groups in total. The Morgan fingerprint density at radius 3 is 2.62 bits per heavy atom. The van der Waals surface area contributed by atoms with Gasteiger partial charge in [-0.15, -0.1) is 0 Å². The number of nitrogens with one attached hydrogen (secondary N) is 1. The van der Waals surface area contributed by atoms with E-state index in [1.807, 2.05) is 0 Å². The Hall–Kier alpha value is -3.31. The van der Waals surface area contributed by atoms with Crippen LogP contribution in [0.3, 0.4) is 0 Å². The third-order valence-electron chi connectivity index (χ3n) is 4.04. The number of likely N-dealkylation sites (tertiary alicyclic amines) is 1. The Balaban J connectivity index is 2.29. The van der Waals surface area contributed by atoms with Crippen LogP contribution in [0.5, 0.6) is 0 Å². The van der Waals surface area contributed by atoms with Crippen molar-refractivity contribution in [3.05, 3.63) is 38.9 Å². The number of carboxylic acid groups (broad SMARTS) is 1. The van der Waals surface area contributed by atoms with Gasteiger partial charge in [-0.3, -0.25) is 14.9 Å². The number of amides is 2. The van der Waals surface area contributed by atoms with E-state index in [0.717, 1.165) is 11.8 Å². The van der Waals surface area contributed by atoms with Crippen molar-refractivity contribution in [2.75, 3.05) is 13.1 Å². The molecule has 1 aliphatic heterocycles. The first-order valence-electron chi connectivity index (χ1n) is 7.31. The average molecular weight is 372 g/mol. The van der Waals surface area contributed by atoms with Crippen molar-refractivity contribution in [1.82, 2.24) is 10.2 Å². The lowest BCUT2D eigenvalue weighted by Crippen LogP contribution is -2.38. The second-order valence-corrected chi connectivity index (χ2v) is 5.60. The van der Waals surface area contributed by atoms with Crippen LogP contribution in [0.2, 0.25) is 0 Å². The maximum absolute atomic E-state index is 14.4. The van der Waals surface area contributed by atoms with Crippen LogP contribution in [0, 0.1) is 34.6 Å². The van der Waals surface area contributed by atoms with Gasteiger partial charge in [-0.2, -0.15) is 4.39 Å². The van der Waals surface area contributed by atoms with Gasteiger partial charge < -0.3 is 20.5 Å². The summed E-state index contributed by atoms with van der Waals surface area (Å²) in [5.41, 5.74) is -2.50. The summed E-state index contributed by atoms with van der Waals surface area (Å²) in [6.45, 7) is 0.996. The van der Waals surface area contributed by atoms with E-state index in [2.05, 4.69) is 10.5 Å². The van der Waals surface area contributed by atoms with E-state index in [4.69, 9.17) is 10.3 Å². The number of halogens is 2. The van der Waals surface area contributed by atoms with Crippen molar-refractivity contribution >= 4 is 23.5 Å². The Morgan fingerprint density at radius 1 is 1.46 bits per heavy atom. The highest BCUT2D eigenvalue weighted by atomic mass is 19.1. The van der Waals surface area contributed by atoms with Crippen molar-refractivity contribution in [1.29, 1.82) is 0 Å². The molecular weight excluding hydrogens is 358 g/mol. The van der Waals surface area contributed by atoms with Gasteiger partial charge in [-0.25, -0.2) is 9.18 Å². The van der Waals surface area contributed by atoms with Gasteiger partial charge in [0.05, 0.1) is 22.0 Å². The van der Waals surface area contributed by atoms with Crippen LogP contribution in [-0.4, -0.2) is 51.1 Å². The van der Waals surface area contributed by atoms with Crippen molar-refractivity contribution in [3.63, 3.8) is 0 Å². The number of nitro benzene ring substituents is 1.